The quantitative estimate of drug-likeness (QED) is 0.770. The maximum absolute atomic E-state index is 13.3. The Morgan fingerprint density at radius 2 is 1.97 bits per heavy atom. The molecule has 0 aliphatic carbocycles. The molecule has 1 aliphatic heterocycles. The van der Waals surface area contributed by atoms with Crippen molar-refractivity contribution in [1.29, 1.82) is 0 Å². The topological polar surface area (TPSA) is 75.7 Å². The molecule has 1 saturated heterocycles. The van der Waals surface area contributed by atoms with E-state index in [0.29, 0.717) is 6.54 Å². The highest BCUT2D eigenvalue weighted by molar-refractivity contribution is 7.89. The third-order valence-electron chi connectivity index (χ3n) is 5.40. The molecule has 156 valence electrons. The Balaban J connectivity index is 1.95. The Morgan fingerprint density at radius 3 is 2.66 bits per heavy atom. The van der Waals surface area contributed by atoms with Crippen LogP contribution in [-0.2, 0) is 16.4 Å². The number of anilines is 1. The predicted molar refractivity (Wildman–Crippen MR) is 114 cm³/mol. The number of para-hydroxylation sites is 1. The molecular formula is C22H28N2O4S. The summed E-state index contributed by atoms with van der Waals surface area (Å²) in [6.45, 7) is 4.41. The second-order valence-electron chi connectivity index (χ2n) is 7.29. The molecule has 1 amide bonds. The van der Waals surface area contributed by atoms with Crippen LogP contribution in [-0.4, -0.2) is 38.3 Å². The number of hydrogen-bond acceptors (Lipinski definition) is 4. The molecule has 0 spiro atoms. The number of methoxy groups -OCH3 is 1. The standard InChI is InChI=1S/C22H28N2O4S/c1-4-17-10-5-6-11-19(17)23-22(25)18-12-13-20(28-3)21(15-18)29(26,27)24-14-8-7-9-16(24)2/h5-6,10-13,15-16H,4,7-9,14H2,1-3H3,(H,23,25)/t16-/m0/s1. The number of rotatable bonds is 6. The lowest BCUT2D eigenvalue weighted by molar-refractivity contribution is 0.102. The zero-order chi connectivity index (χ0) is 21.0. The predicted octanol–water partition coefficient (Wildman–Crippen LogP) is 4.07. The van der Waals surface area contributed by atoms with Crippen LogP contribution in [0.2, 0.25) is 0 Å². The number of hydrogen-bond donors (Lipinski definition) is 1. The van der Waals surface area contributed by atoms with Crippen LogP contribution in [0.1, 0.15) is 49.0 Å². The third-order valence-corrected chi connectivity index (χ3v) is 7.44. The van der Waals surface area contributed by atoms with E-state index in [0.717, 1.165) is 36.9 Å². The first-order valence-electron chi connectivity index (χ1n) is 9.97. The van der Waals surface area contributed by atoms with Gasteiger partial charge in [-0.15, -0.1) is 0 Å². The van der Waals surface area contributed by atoms with Crippen LogP contribution < -0.4 is 10.1 Å². The van der Waals surface area contributed by atoms with Crippen molar-refractivity contribution in [1.82, 2.24) is 4.31 Å². The van der Waals surface area contributed by atoms with Crippen molar-refractivity contribution in [3.8, 4) is 5.75 Å². The molecule has 2 aromatic rings. The summed E-state index contributed by atoms with van der Waals surface area (Å²) in [5, 5.41) is 2.89. The first kappa shape index (κ1) is 21.3. The fourth-order valence-corrected chi connectivity index (χ4v) is 5.60. The summed E-state index contributed by atoms with van der Waals surface area (Å²) in [6, 6.07) is 12.0. The van der Waals surface area contributed by atoms with Gasteiger partial charge in [0.2, 0.25) is 10.0 Å². The van der Waals surface area contributed by atoms with Gasteiger partial charge in [0.1, 0.15) is 10.6 Å². The highest BCUT2D eigenvalue weighted by atomic mass is 32.2. The smallest absolute Gasteiger partial charge is 0.255 e. The van der Waals surface area contributed by atoms with Gasteiger partial charge in [-0.05, 0) is 56.0 Å². The van der Waals surface area contributed by atoms with Gasteiger partial charge in [0.05, 0.1) is 7.11 Å². The van der Waals surface area contributed by atoms with Gasteiger partial charge in [0, 0.05) is 23.8 Å². The molecule has 1 N–H and O–H groups in total. The van der Waals surface area contributed by atoms with Gasteiger partial charge in [0.25, 0.3) is 5.91 Å². The van der Waals surface area contributed by atoms with Gasteiger partial charge < -0.3 is 10.1 Å². The lowest BCUT2D eigenvalue weighted by Gasteiger charge is -2.32. The first-order chi connectivity index (χ1) is 13.9. The van der Waals surface area contributed by atoms with E-state index < -0.39 is 10.0 Å². The number of ether oxygens (including phenoxy) is 1. The minimum Gasteiger partial charge on any atom is -0.495 e. The molecule has 0 aromatic heterocycles. The largest absolute Gasteiger partial charge is 0.495 e. The Morgan fingerprint density at radius 1 is 1.21 bits per heavy atom. The molecule has 0 bridgehead atoms. The SMILES string of the molecule is CCc1ccccc1NC(=O)c1ccc(OC)c(S(=O)(=O)N2CCCC[C@@H]2C)c1. The van der Waals surface area contributed by atoms with E-state index >= 15 is 0 Å². The van der Waals surface area contributed by atoms with Crippen molar-refractivity contribution >= 4 is 21.6 Å². The van der Waals surface area contributed by atoms with Gasteiger partial charge in [-0.2, -0.15) is 4.31 Å². The average Bonchev–Trinajstić information content (AvgIpc) is 2.73. The van der Waals surface area contributed by atoms with Crippen LogP contribution in [0.5, 0.6) is 5.75 Å². The molecule has 0 radical (unpaired) electrons. The van der Waals surface area contributed by atoms with E-state index in [1.807, 2.05) is 38.1 Å². The number of carbonyl (C=O) groups is 1. The molecule has 1 fully saturated rings. The summed E-state index contributed by atoms with van der Waals surface area (Å²) >= 11 is 0. The van der Waals surface area contributed by atoms with Gasteiger partial charge in [-0.1, -0.05) is 31.5 Å². The van der Waals surface area contributed by atoms with Gasteiger partial charge in [0.15, 0.2) is 0 Å². The van der Waals surface area contributed by atoms with Crippen molar-refractivity contribution in [3.63, 3.8) is 0 Å². The van der Waals surface area contributed by atoms with E-state index in [9.17, 15) is 13.2 Å². The number of nitrogens with zero attached hydrogens (tertiary/aromatic N) is 1. The molecule has 1 atom stereocenters. The Labute approximate surface area is 172 Å². The molecule has 29 heavy (non-hydrogen) atoms. The normalized spacial score (nSPS) is 17.7. The molecular weight excluding hydrogens is 388 g/mol. The summed E-state index contributed by atoms with van der Waals surface area (Å²) in [5.74, 6) is -0.107. The van der Waals surface area contributed by atoms with Crippen LogP contribution in [0.15, 0.2) is 47.4 Å². The number of amides is 1. The minimum atomic E-state index is -3.77. The fraction of sp³-hybridized carbons (Fsp3) is 0.409. The monoisotopic (exact) mass is 416 g/mol. The lowest BCUT2D eigenvalue weighted by Crippen LogP contribution is -2.42. The maximum Gasteiger partial charge on any atom is 0.255 e. The summed E-state index contributed by atoms with van der Waals surface area (Å²) in [4.78, 5) is 12.9. The maximum atomic E-state index is 13.3. The summed E-state index contributed by atoms with van der Waals surface area (Å²) in [7, 11) is -2.33. The molecule has 3 rings (SSSR count). The molecule has 7 heteroatoms. The third kappa shape index (κ3) is 4.46. The molecule has 2 aromatic carbocycles. The first-order valence-corrected chi connectivity index (χ1v) is 11.4. The van der Waals surface area contributed by atoms with Crippen molar-refractivity contribution in [2.75, 3.05) is 19.0 Å². The number of aryl methyl sites for hydroxylation is 1. The number of piperidine rings is 1. The van der Waals surface area contributed by atoms with E-state index in [4.69, 9.17) is 4.74 Å². The number of nitrogens with one attached hydrogen (secondary N) is 1. The van der Waals surface area contributed by atoms with Crippen molar-refractivity contribution in [2.24, 2.45) is 0 Å². The highest BCUT2D eigenvalue weighted by Gasteiger charge is 2.33. The molecule has 0 unspecified atom stereocenters. The van der Waals surface area contributed by atoms with E-state index in [1.165, 1.54) is 17.5 Å². The zero-order valence-electron chi connectivity index (χ0n) is 17.1. The Kier molecular flexibility index (Phi) is 6.59. The van der Waals surface area contributed by atoms with E-state index in [2.05, 4.69) is 5.32 Å². The second kappa shape index (κ2) is 8.97. The van der Waals surface area contributed by atoms with Gasteiger partial charge >= 0.3 is 0 Å². The van der Waals surface area contributed by atoms with E-state index in [-0.39, 0.29) is 28.2 Å². The second-order valence-corrected chi connectivity index (χ2v) is 9.15. The van der Waals surface area contributed by atoms with Crippen LogP contribution in [0.3, 0.4) is 0 Å². The van der Waals surface area contributed by atoms with Gasteiger partial charge in [-0.25, -0.2) is 8.42 Å². The van der Waals surface area contributed by atoms with Crippen LogP contribution in [0.25, 0.3) is 0 Å². The Bertz CT molecular complexity index is 988. The van der Waals surface area contributed by atoms with E-state index in [1.54, 1.807) is 12.1 Å². The fourth-order valence-electron chi connectivity index (χ4n) is 3.72. The molecule has 0 saturated carbocycles. The number of benzene rings is 2. The highest BCUT2D eigenvalue weighted by Crippen LogP contribution is 2.32. The van der Waals surface area contributed by atoms with Crippen molar-refractivity contribution in [3.05, 3.63) is 53.6 Å². The Hall–Kier alpha value is -2.38. The molecule has 6 nitrogen and oxygen atoms in total. The van der Waals surface area contributed by atoms with Gasteiger partial charge in [-0.3, -0.25) is 4.79 Å². The lowest BCUT2D eigenvalue weighted by atomic mass is 10.1. The van der Waals surface area contributed by atoms with Crippen molar-refractivity contribution < 1.29 is 17.9 Å². The van der Waals surface area contributed by atoms with Crippen LogP contribution in [0, 0.1) is 0 Å². The summed E-state index contributed by atoms with van der Waals surface area (Å²) < 4.78 is 33.5. The molecule has 1 heterocycles. The molecule has 1 aliphatic rings. The van der Waals surface area contributed by atoms with Crippen LogP contribution in [0.4, 0.5) is 5.69 Å². The van der Waals surface area contributed by atoms with Crippen molar-refractivity contribution in [2.45, 2.75) is 50.5 Å². The average molecular weight is 417 g/mol. The number of sulfonamides is 1. The summed E-state index contributed by atoms with van der Waals surface area (Å²) in [6.07, 6.45) is 3.46. The van der Waals surface area contributed by atoms with Crippen LogP contribution >= 0.6 is 0 Å². The zero-order valence-corrected chi connectivity index (χ0v) is 18.0. The summed E-state index contributed by atoms with van der Waals surface area (Å²) in [5.41, 5.74) is 2.02. The number of carbonyl (C=O) groups excluding carboxylic acids is 1. The minimum absolute atomic E-state index is 0.0326.